The Labute approximate surface area is 109 Å². The van der Waals surface area contributed by atoms with Crippen LogP contribution in [0.15, 0.2) is 18.2 Å². The summed E-state index contributed by atoms with van der Waals surface area (Å²) in [4.78, 5) is 0. The van der Waals surface area contributed by atoms with Crippen LogP contribution in [0.25, 0.3) is 0 Å². The second-order valence-electron chi connectivity index (χ2n) is 5.11. The Kier molecular flexibility index (Phi) is 4.12. The van der Waals surface area contributed by atoms with Gasteiger partial charge in [-0.25, -0.2) is 0 Å². The molecule has 3 nitrogen and oxygen atoms in total. The molecule has 18 heavy (non-hydrogen) atoms. The molecule has 0 amide bonds. The fraction of sp³-hybridized carbons (Fsp3) is 0.600. The van der Waals surface area contributed by atoms with Crippen molar-refractivity contribution in [2.24, 2.45) is 5.41 Å². The normalized spacial score (nSPS) is 16.4. The minimum absolute atomic E-state index is 0.575. The van der Waals surface area contributed by atoms with E-state index in [-0.39, 0.29) is 0 Å². The highest BCUT2D eigenvalue weighted by Gasteiger charge is 2.39. The second kappa shape index (κ2) is 5.61. The largest absolute Gasteiger partial charge is 0.493 e. The molecule has 0 spiro atoms. The number of para-hydroxylation sites is 1. The average Bonchev–Trinajstić information content (AvgIpc) is 3.19. The zero-order valence-electron chi connectivity index (χ0n) is 11.6. The van der Waals surface area contributed by atoms with E-state index < -0.39 is 0 Å². The van der Waals surface area contributed by atoms with Gasteiger partial charge in [0.15, 0.2) is 11.5 Å². The Balaban J connectivity index is 1.96. The van der Waals surface area contributed by atoms with E-state index >= 15 is 0 Å². The molecule has 2 rings (SSSR count). The molecular weight excluding hydrogens is 226 g/mol. The Morgan fingerprint density at radius 2 is 2.00 bits per heavy atom. The van der Waals surface area contributed by atoms with Crippen molar-refractivity contribution in [1.82, 2.24) is 5.32 Å². The Morgan fingerprint density at radius 1 is 1.22 bits per heavy atom. The predicted molar refractivity (Wildman–Crippen MR) is 73.2 cm³/mol. The summed E-state index contributed by atoms with van der Waals surface area (Å²) in [6, 6.07) is 6.02. The van der Waals surface area contributed by atoms with Crippen LogP contribution in [0, 0.1) is 5.41 Å². The van der Waals surface area contributed by atoms with Crippen LogP contribution in [0.5, 0.6) is 11.5 Å². The Hall–Kier alpha value is -1.22. The van der Waals surface area contributed by atoms with E-state index in [0.29, 0.717) is 5.41 Å². The maximum absolute atomic E-state index is 5.43. The summed E-state index contributed by atoms with van der Waals surface area (Å²) in [7, 11) is 3.36. The van der Waals surface area contributed by atoms with Gasteiger partial charge in [0.2, 0.25) is 0 Å². The van der Waals surface area contributed by atoms with Gasteiger partial charge < -0.3 is 14.8 Å². The van der Waals surface area contributed by atoms with E-state index in [9.17, 15) is 0 Å². The molecule has 1 saturated carbocycles. The van der Waals surface area contributed by atoms with E-state index in [2.05, 4.69) is 18.3 Å². The van der Waals surface area contributed by atoms with E-state index in [1.54, 1.807) is 14.2 Å². The first-order chi connectivity index (χ1) is 8.74. The van der Waals surface area contributed by atoms with Crippen molar-refractivity contribution in [2.45, 2.75) is 32.7 Å². The smallest absolute Gasteiger partial charge is 0.165 e. The fourth-order valence-corrected chi connectivity index (χ4v) is 2.39. The Bertz CT molecular complexity index is 399. The number of hydrogen-bond acceptors (Lipinski definition) is 3. The van der Waals surface area contributed by atoms with Crippen molar-refractivity contribution in [3.8, 4) is 11.5 Å². The van der Waals surface area contributed by atoms with Gasteiger partial charge in [-0.2, -0.15) is 0 Å². The van der Waals surface area contributed by atoms with Gasteiger partial charge in [-0.3, -0.25) is 0 Å². The van der Waals surface area contributed by atoms with Crippen LogP contribution < -0.4 is 14.8 Å². The lowest BCUT2D eigenvalue weighted by Crippen LogP contribution is -2.23. The van der Waals surface area contributed by atoms with Crippen molar-refractivity contribution in [2.75, 3.05) is 20.8 Å². The van der Waals surface area contributed by atoms with Crippen LogP contribution in [0.2, 0.25) is 0 Å². The van der Waals surface area contributed by atoms with Gasteiger partial charge in [0.1, 0.15) is 0 Å². The summed E-state index contributed by atoms with van der Waals surface area (Å²) in [6.07, 6.45) is 4.01. The molecule has 1 fully saturated rings. The van der Waals surface area contributed by atoms with Crippen LogP contribution in [0.3, 0.4) is 0 Å². The summed E-state index contributed by atoms with van der Waals surface area (Å²) in [5.41, 5.74) is 1.73. The monoisotopic (exact) mass is 249 g/mol. The number of benzene rings is 1. The first kappa shape index (κ1) is 13.2. The molecule has 1 aromatic carbocycles. The highest BCUT2D eigenvalue weighted by molar-refractivity contribution is 5.46. The van der Waals surface area contributed by atoms with E-state index in [1.807, 2.05) is 12.1 Å². The maximum atomic E-state index is 5.43. The topological polar surface area (TPSA) is 30.5 Å². The summed E-state index contributed by atoms with van der Waals surface area (Å²) >= 11 is 0. The molecule has 1 aliphatic rings. The Morgan fingerprint density at radius 3 is 2.56 bits per heavy atom. The lowest BCUT2D eigenvalue weighted by Gasteiger charge is -2.16. The quantitative estimate of drug-likeness (QED) is 0.806. The standard InChI is InChI=1S/C15H23NO2/c1-4-15(8-9-15)11-16-10-12-6-5-7-13(17-2)14(12)18-3/h5-7,16H,4,8-11H2,1-3H3. The highest BCUT2D eigenvalue weighted by atomic mass is 16.5. The molecule has 0 unspecified atom stereocenters. The zero-order valence-corrected chi connectivity index (χ0v) is 11.6. The van der Waals surface area contributed by atoms with Gasteiger partial charge in [-0.15, -0.1) is 0 Å². The van der Waals surface area contributed by atoms with Crippen molar-refractivity contribution < 1.29 is 9.47 Å². The first-order valence-electron chi connectivity index (χ1n) is 6.65. The summed E-state index contributed by atoms with van der Waals surface area (Å²) in [6.45, 7) is 4.22. The average molecular weight is 249 g/mol. The summed E-state index contributed by atoms with van der Waals surface area (Å²) in [5, 5.41) is 3.55. The SMILES string of the molecule is CCC1(CNCc2cccc(OC)c2OC)CC1. The lowest BCUT2D eigenvalue weighted by molar-refractivity contribution is 0.349. The van der Waals surface area contributed by atoms with Crippen LogP contribution in [-0.4, -0.2) is 20.8 Å². The molecular formula is C15H23NO2. The molecule has 0 atom stereocenters. The minimum atomic E-state index is 0.575. The van der Waals surface area contributed by atoms with Crippen molar-refractivity contribution in [1.29, 1.82) is 0 Å². The van der Waals surface area contributed by atoms with Gasteiger partial charge in [-0.05, 0) is 30.7 Å². The highest BCUT2D eigenvalue weighted by Crippen LogP contribution is 2.47. The van der Waals surface area contributed by atoms with Crippen LogP contribution in [-0.2, 0) is 6.54 Å². The van der Waals surface area contributed by atoms with Gasteiger partial charge in [0, 0.05) is 18.7 Å². The number of methoxy groups -OCH3 is 2. The number of ether oxygens (including phenoxy) is 2. The van der Waals surface area contributed by atoms with Crippen molar-refractivity contribution in [3.63, 3.8) is 0 Å². The first-order valence-corrected chi connectivity index (χ1v) is 6.65. The number of rotatable bonds is 7. The molecule has 100 valence electrons. The third-order valence-corrected chi connectivity index (χ3v) is 4.01. The number of hydrogen-bond donors (Lipinski definition) is 1. The van der Waals surface area contributed by atoms with Gasteiger partial charge in [-0.1, -0.05) is 19.1 Å². The van der Waals surface area contributed by atoms with E-state index in [0.717, 1.165) is 30.2 Å². The van der Waals surface area contributed by atoms with E-state index in [1.165, 1.54) is 19.3 Å². The van der Waals surface area contributed by atoms with Crippen LogP contribution >= 0.6 is 0 Å². The second-order valence-corrected chi connectivity index (χ2v) is 5.11. The molecule has 0 aliphatic heterocycles. The van der Waals surface area contributed by atoms with Gasteiger partial charge in [0.25, 0.3) is 0 Å². The summed E-state index contributed by atoms with van der Waals surface area (Å²) in [5.74, 6) is 1.64. The van der Waals surface area contributed by atoms with E-state index in [4.69, 9.17) is 9.47 Å². The van der Waals surface area contributed by atoms with Gasteiger partial charge in [0.05, 0.1) is 14.2 Å². The molecule has 0 bridgehead atoms. The zero-order chi connectivity index (χ0) is 13.0. The van der Waals surface area contributed by atoms with Crippen molar-refractivity contribution >= 4 is 0 Å². The summed E-state index contributed by atoms with van der Waals surface area (Å²) < 4.78 is 10.7. The fourth-order valence-electron chi connectivity index (χ4n) is 2.39. The van der Waals surface area contributed by atoms with Gasteiger partial charge >= 0.3 is 0 Å². The molecule has 1 N–H and O–H groups in total. The number of nitrogens with one attached hydrogen (secondary N) is 1. The van der Waals surface area contributed by atoms with Crippen LogP contribution in [0.1, 0.15) is 31.7 Å². The molecule has 0 radical (unpaired) electrons. The molecule has 0 heterocycles. The minimum Gasteiger partial charge on any atom is -0.493 e. The third kappa shape index (κ3) is 2.78. The predicted octanol–water partition coefficient (Wildman–Crippen LogP) is 2.98. The maximum Gasteiger partial charge on any atom is 0.165 e. The molecule has 1 aliphatic carbocycles. The third-order valence-electron chi connectivity index (χ3n) is 4.01. The van der Waals surface area contributed by atoms with Crippen LogP contribution in [0.4, 0.5) is 0 Å². The van der Waals surface area contributed by atoms with Crippen molar-refractivity contribution in [3.05, 3.63) is 23.8 Å². The molecule has 0 saturated heterocycles. The molecule has 3 heteroatoms. The molecule has 0 aromatic heterocycles. The molecule has 1 aromatic rings. The lowest BCUT2D eigenvalue weighted by atomic mass is 10.0.